The van der Waals surface area contributed by atoms with Gasteiger partial charge in [-0.05, 0) is 54.3 Å². The van der Waals surface area contributed by atoms with Gasteiger partial charge in [0.15, 0.2) is 0 Å². The molecule has 8 nitrogen and oxygen atoms in total. The minimum atomic E-state index is -0.0448. The van der Waals surface area contributed by atoms with Gasteiger partial charge in [-0.1, -0.05) is 39.3 Å². The number of benzene rings is 1. The molecule has 188 valence electrons. The highest BCUT2D eigenvalue weighted by Crippen LogP contribution is 2.26. The Bertz CT molecular complexity index is 1010. The Morgan fingerprint density at radius 3 is 2.49 bits per heavy atom. The number of pyridine rings is 1. The number of nitrogens with zero attached hydrogens (tertiary/aromatic N) is 5. The van der Waals surface area contributed by atoms with E-state index in [4.69, 9.17) is 5.73 Å². The number of nitrogens with two attached hydrogens (primary N) is 1. The van der Waals surface area contributed by atoms with Crippen molar-refractivity contribution in [2.45, 2.75) is 59.5 Å². The molecule has 2 aromatic rings. The minimum Gasteiger partial charge on any atom is -0.330 e. The van der Waals surface area contributed by atoms with Gasteiger partial charge in [-0.15, -0.1) is 0 Å². The summed E-state index contributed by atoms with van der Waals surface area (Å²) in [6.07, 6.45) is 6.91. The molecule has 4 rings (SSSR count). The SMILES string of the molecule is CC.CC1CC(=O)N(CCCCCN)N=C1c1ccc(N(C)C(=O)N2Cc3ccncc3C2)cc1. The highest BCUT2D eigenvalue weighted by molar-refractivity contribution is 6.06. The van der Waals surface area contributed by atoms with Crippen LogP contribution in [-0.4, -0.2) is 52.7 Å². The fraction of sp³-hybridized carbons (Fsp3) is 0.481. The number of hydrogen-bond donors (Lipinski definition) is 1. The summed E-state index contributed by atoms with van der Waals surface area (Å²) >= 11 is 0. The number of urea groups is 1. The Hall–Kier alpha value is -3.26. The maximum absolute atomic E-state index is 13.0. The lowest BCUT2D eigenvalue weighted by Gasteiger charge is -2.28. The van der Waals surface area contributed by atoms with Crippen molar-refractivity contribution >= 4 is 23.3 Å². The lowest BCUT2D eigenvalue weighted by molar-refractivity contribution is -0.132. The highest BCUT2D eigenvalue weighted by atomic mass is 16.2. The quantitative estimate of drug-likeness (QED) is 0.598. The second-order valence-corrected chi connectivity index (χ2v) is 8.85. The molecule has 1 aromatic heterocycles. The van der Waals surface area contributed by atoms with E-state index >= 15 is 0 Å². The van der Waals surface area contributed by atoms with Crippen LogP contribution in [0.3, 0.4) is 0 Å². The standard InChI is InChI=1S/C25H32N6O2.C2H6/c1-18-14-23(32)31(13-5-3-4-11-26)28-24(18)19-6-8-22(9-7-19)29(2)25(33)30-16-20-10-12-27-15-21(20)17-30;1-2/h6-10,12,15,18H,3-5,11,13-14,16-17,26H2,1-2H3;1-2H3. The van der Waals surface area contributed by atoms with E-state index in [-0.39, 0.29) is 17.9 Å². The molecule has 35 heavy (non-hydrogen) atoms. The third-order valence-corrected chi connectivity index (χ3v) is 6.37. The number of carbonyl (C=O) groups is 2. The van der Waals surface area contributed by atoms with Crippen LogP contribution in [0.25, 0.3) is 0 Å². The largest absolute Gasteiger partial charge is 0.330 e. The van der Waals surface area contributed by atoms with Gasteiger partial charge >= 0.3 is 6.03 Å². The van der Waals surface area contributed by atoms with Crippen molar-refractivity contribution in [1.82, 2.24) is 14.9 Å². The Morgan fingerprint density at radius 2 is 1.80 bits per heavy atom. The van der Waals surface area contributed by atoms with Gasteiger partial charge in [0.2, 0.25) is 5.91 Å². The lowest BCUT2D eigenvalue weighted by Crippen LogP contribution is -2.38. The number of hydrazone groups is 1. The fourth-order valence-electron chi connectivity index (χ4n) is 4.38. The molecule has 8 heteroatoms. The van der Waals surface area contributed by atoms with Crippen molar-refractivity contribution in [1.29, 1.82) is 0 Å². The first-order valence-corrected chi connectivity index (χ1v) is 12.6. The average Bonchev–Trinajstić information content (AvgIpc) is 3.32. The van der Waals surface area contributed by atoms with Gasteiger partial charge in [-0.25, -0.2) is 9.80 Å². The van der Waals surface area contributed by atoms with E-state index in [0.29, 0.717) is 32.6 Å². The number of amides is 3. The van der Waals surface area contributed by atoms with E-state index in [1.54, 1.807) is 23.2 Å². The van der Waals surface area contributed by atoms with Crippen LogP contribution in [0, 0.1) is 5.92 Å². The smallest absolute Gasteiger partial charge is 0.324 e. The van der Waals surface area contributed by atoms with Gasteiger partial charge in [-0.3, -0.25) is 14.7 Å². The highest BCUT2D eigenvalue weighted by Gasteiger charge is 2.28. The molecule has 1 aromatic carbocycles. The first-order chi connectivity index (χ1) is 17.0. The summed E-state index contributed by atoms with van der Waals surface area (Å²) < 4.78 is 0. The molecule has 3 heterocycles. The van der Waals surface area contributed by atoms with Crippen LogP contribution in [0.1, 0.15) is 63.1 Å². The van der Waals surface area contributed by atoms with Crippen LogP contribution in [-0.2, 0) is 17.9 Å². The summed E-state index contributed by atoms with van der Waals surface area (Å²) in [5.41, 5.74) is 10.5. The molecule has 2 aliphatic rings. The van der Waals surface area contributed by atoms with Crippen molar-refractivity contribution in [3.05, 3.63) is 59.4 Å². The predicted molar refractivity (Wildman–Crippen MR) is 140 cm³/mol. The summed E-state index contributed by atoms with van der Waals surface area (Å²) in [7, 11) is 1.79. The molecule has 0 bridgehead atoms. The Balaban J connectivity index is 0.00000167. The number of hydrogen-bond acceptors (Lipinski definition) is 5. The lowest BCUT2D eigenvalue weighted by atomic mass is 9.93. The zero-order valence-electron chi connectivity index (χ0n) is 21.4. The van der Waals surface area contributed by atoms with Gasteiger partial charge in [0.05, 0.1) is 5.71 Å². The monoisotopic (exact) mass is 478 g/mol. The molecule has 1 atom stereocenters. The van der Waals surface area contributed by atoms with E-state index in [2.05, 4.69) is 10.1 Å². The summed E-state index contributed by atoms with van der Waals surface area (Å²) in [6.45, 7) is 8.51. The van der Waals surface area contributed by atoms with E-state index < -0.39 is 0 Å². The van der Waals surface area contributed by atoms with Crippen molar-refractivity contribution in [2.24, 2.45) is 16.8 Å². The number of rotatable bonds is 7. The van der Waals surface area contributed by atoms with Gasteiger partial charge in [0, 0.05) is 57.1 Å². The number of unbranched alkanes of at least 4 members (excludes halogenated alkanes) is 2. The molecule has 0 saturated carbocycles. The molecular formula is C27H38N6O2. The summed E-state index contributed by atoms with van der Waals surface area (Å²) in [5.74, 6) is 0.127. The number of fused-ring (bicyclic) bond motifs is 1. The second-order valence-electron chi connectivity index (χ2n) is 8.85. The second kappa shape index (κ2) is 12.4. The third-order valence-electron chi connectivity index (χ3n) is 6.37. The molecule has 3 amide bonds. The van der Waals surface area contributed by atoms with Crippen molar-refractivity contribution in [3.8, 4) is 0 Å². The molecule has 2 N–H and O–H groups in total. The Labute approximate surface area is 208 Å². The Morgan fingerprint density at radius 1 is 1.09 bits per heavy atom. The van der Waals surface area contributed by atoms with E-state index in [1.807, 2.05) is 62.2 Å². The van der Waals surface area contributed by atoms with E-state index in [1.165, 1.54) is 0 Å². The Kier molecular flexibility index (Phi) is 9.37. The van der Waals surface area contributed by atoms with Crippen LogP contribution in [0.15, 0.2) is 47.8 Å². The van der Waals surface area contributed by atoms with Gasteiger partial charge < -0.3 is 10.6 Å². The summed E-state index contributed by atoms with van der Waals surface area (Å²) in [5, 5.41) is 6.29. The maximum atomic E-state index is 13.0. The predicted octanol–water partition coefficient (Wildman–Crippen LogP) is 4.38. The molecule has 1 unspecified atom stereocenters. The molecule has 0 aliphatic carbocycles. The van der Waals surface area contributed by atoms with E-state index in [0.717, 1.165) is 47.4 Å². The topological polar surface area (TPSA) is 95.1 Å². The summed E-state index contributed by atoms with van der Waals surface area (Å²) in [6, 6.07) is 9.77. The fourth-order valence-corrected chi connectivity index (χ4v) is 4.38. The number of aromatic nitrogens is 1. The van der Waals surface area contributed by atoms with Crippen LogP contribution in [0.2, 0.25) is 0 Å². The van der Waals surface area contributed by atoms with Gasteiger partial charge in [0.1, 0.15) is 0 Å². The molecule has 2 aliphatic heterocycles. The van der Waals surface area contributed by atoms with Crippen LogP contribution in [0.5, 0.6) is 0 Å². The molecular weight excluding hydrogens is 440 g/mol. The zero-order valence-corrected chi connectivity index (χ0v) is 21.4. The minimum absolute atomic E-state index is 0.0448. The molecule has 0 spiro atoms. The van der Waals surface area contributed by atoms with Crippen molar-refractivity contribution in [2.75, 3.05) is 25.0 Å². The van der Waals surface area contributed by atoms with Crippen LogP contribution >= 0.6 is 0 Å². The molecule has 0 fully saturated rings. The van der Waals surface area contributed by atoms with Crippen LogP contribution < -0.4 is 10.6 Å². The van der Waals surface area contributed by atoms with Crippen LogP contribution in [0.4, 0.5) is 10.5 Å². The molecule has 0 radical (unpaired) electrons. The average molecular weight is 479 g/mol. The third kappa shape index (κ3) is 6.25. The first kappa shape index (κ1) is 26.3. The van der Waals surface area contributed by atoms with Gasteiger partial charge in [0.25, 0.3) is 0 Å². The van der Waals surface area contributed by atoms with Gasteiger partial charge in [-0.2, -0.15) is 5.10 Å². The first-order valence-electron chi connectivity index (χ1n) is 12.6. The number of carbonyl (C=O) groups excluding carboxylic acids is 2. The van der Waals surface area contributed by atoms with Crippen molar-refractivity contribution < 1.29 is 9.59 Å². The summed E-state index contributed by atoms with van der Waals surface area (Å²) in [4.78, 5) is 33.1. The normalized spacial score (nSPS) is 16.9. The molecule has 0 saturated heterocycles. The maximum Gasteiger partial charge on any atom is 0.324 e. The van der Waals surface area contributed by atoms with Crippen molar-refractivity contribution in [3.63, 3.8) is 0 Å². The van der Waals surface area contributed by atoms with E-state index in [9.17, 15) is 9.59 Å². The zero-order chi connectivity index (χ0) is 25.4. The number of anilines is 1.